The number of carbonyl (C=O) groups is 1. The van der Waals surface area contributed by atoms with Gasteiger partial charge >= 0.3 is 0 Å². The van der Waals surface area contributed by atoms with Crippen molar-refractivity contribution in [1.82, 2.24) is 5.32 Å². The molecule has 2 unspecified atom stereocenters. The highest BCUT2D eigenvalue weighted by atomic mass is 16.2. The number of anilines is 1. The molecule has 2 aliphatic rings. The van der Waals surface area contributed by atoms with Gasteiger partial charge in [0, 0.05) is 24.3 Å². The van der Waals surface area contributed by atoms with Crippen LogP contribution in [0.1, 0.15) is 31.4 Å². The van der Waals surface area contributed by atoms with Crippen molar-refractivity contribution in [2.24, 2.45) is 5.92 Å². The molecular weight excluding hydrogens is 212 g/mol. The second-order valence-corrected chi connectivity index (χ2v) is 5.18. The molecule has 1 aliphatic heterocycles. The second-order valence-electron chi connectivity index (χ2n) is 5.18. The van der Waals surface area contributed by atoms with E-state index in [-0.39, 0.29) is 11.9 Å². The van der Waals surface area contributed by atoms with Crippen molar-refractivity contribution >= 4 is 11.6 Å². The molecule has 1 N–H and O–H groups in total. The fourth-order valence-corrected chi connectivity index (χ4v) is 2.64. The summed E-state index contributed by atoms with van der Waals surface area (Å²) in [4.78, 5) is 14.0. The van der Waals surface area contributed by atoms with Gasteiger partial charge in [0.25, 0.3) is 0 Å². The van der Waals surface area contributed by atoms with Crippen molar-refractivity contribution in [3.8, 4) is 0 Å². The lowest BCUT2D eigenvalue weighted by molar-refractivity contribution is -0.119. The van der Waals surface area contributed by atoms with Crippen LogP contribution in [-0.2, 0) is 4.79 Å². The molecule has 1 saturated carbocycles. The Morgan fingerprint density at radius 2 is 2.06 bits per heavy atom. The van der Waals surface area contributed by atoms with Crippen LogP contribution in [0.25, 0.3) is 0 Å². The maximum Gasteiger partial charge on any atom is 0.248 e. The van der Waals surface area contributed by atoms with Crippen LogP contribution in [0, 0.1) is 5.92 Å². The summed E-state index contributed by atoms with van der Waals surface area (Å²) in [6, 6.07) is 8.33. The molecule has 0 aromatic heterocycles. The lowest BCUT2D eigenvalue weighted by Gasteiger charge is -2.18. The molecule has 0 spiro atoms. The number of fused-ring (bicyclic) bond motifs is 1. The number of nitrogens with zero attached hydrogens (tertiary/aromatic N) is 1. The zero-order valence-corrected chi connectivity index (χ0v) is 10.3. The van der Waals surface area contributed by atoms with Crippen molar-refractivity contribution in [3.05, 3.63) is 29.8 Å². The van der Waals surface area contributed by atoms with E-state index in [1.807, 2.05) is 31.3 Å². The molecule has 1 aliphatic carbocycles. The molecular formula is C14H18N2O. The van der Waals surface area contributed by atoms with E-state index in [1.54, 1.807) is 4.90 Å². The van der Waals surface area contributed by atoms with Gasteiger partial charge in [0.15, 0.2) is 0 Å². The highest BCUT2D eigenvalue weighted by Gasteiger charge is 2.38. The maximum atomic E-state index is 12.2. The topological polar surface area (TPSA) is 32.3 Å². The van der Waals surface area contributed by atoms with Gasteiger partial charge in [-0.2, -0.15) is 0 Å². The minimum Gasteiger partial charge on any atom is -0.313 e. The molecule has 3 rings (SSSR count). The van der Waals surface area contributed by atoms with Gasteiger partial charge in [-0.15, -0.1) is 0 Å². The van der Waals surface area contributed by atoms with Crippen molar-refractivity contribution in [2.45, 2.75) is 31.8 Å². The van der Waals surface area contributed by atoms with Gasteiger partial charge in [0.05, 0.1) is 0 Å². The molecule has 1 heterocycles. The fourth-order valence-electron chi connectivity index (χ4n) is 2.64. The lowest BCUT2D eigenvalue weighted by atomic mass is 10.1. The minimum absolute atomic E-state index is 0.146. The normalized spacial score (nSPS) is 24.9. The Bertz CT molecular complexity index is 453. The maximum absolute atomic E-state index is 12.2. The molecule has 0 radical (unpaired) electrons. The van der Waals surface area contributed by atoms with Crippen molar-refractivity contribution in [1.29, 1.82) is 0 Å². The highest BCUT2D eigenvalue weighted by molar-refractivity contribution is 6.04. The standard InChI is InChI=1S/C14H18N2O/c1-9(10-7-8-10)15-13-11-5-3-4-6-12(11)16(2)14(13)17/h3-6,9-10,13,15H,7-8H2,1-2H3. The van der Waals surface area contributed by atoms with Gasteiger partial charge in [-0.1, -0.05) is 18.2 Å². The first-order valence-electron chi connectivity index (χ1n) is 6.31. The van der Waals surface area contributed by atoms with Crippen LogP contribution in [0.5, 0.6) is 0 Å². The predicted molar refractivity (Wildman–Crippen MR) is 67.9 cm³/mol. The van der Waals surface area contributed by atoms with E-state index >= 15 is 0 Å². The Morgan fingerprint density at radius 1 is 1.35 bits per heavy atom. The molecule has 3 nitrogen and oxygen atoms in total. The number of para-hydroxylation sites is 1. The van der Waals surface area contributed by atoms with E-state index in [0.29, 0.717) is 6.04 Å². The smallest absolute Gasteiger partial charge is 0.248 e. The Morgan fingerprint density at radius 3 is 2.76 bits per heavy atom. The number of carbonyl (C=O) groups excluding carboxylic acids is 1. The van der Waals surface area contributed by atoms with Gasteiger partial charge in [0.2, 0.25) is 5.91 Å². The number of likely N-dealkylation sites (N-methyl/N-ethyl adjacent to an activating group) is 1. The van der Waals surface area contributed by atoms with Gasteiger partial charge in [-0.25, -0.2) is 0 Å². The number of hydrogen-bond acceptors (Lipinski definition) is 2. The summed E-state index contributed by atoms with van der Waals surface area (Å²) in [5, 5.41) is 3.49. The Balaban J connectivity index is 1.86. The largest absolute Gasteiger partial charge is 0.313 e. The molecule has 1 amide bonds. The van der Waals surface area contributed by atoms with Crippen LogP contribution in [-0.4, -0.2) is 19.0 Å². The molecule has 0 bridgehead atoms. The van der Waals surface area contributed by atoms with Crippen LogP contribution < -0.4 is 10.2 Å². The van der Waals surface area contributed by atoms with Crippen LogP contribution >= 0.6 is 0 Å². The van der Waals surface area contributed by atoms with Gasteiger partial charge in [-0.05, 0) is 31.7 Å². The van der Waals surface area contributed by atoms with Gasteiger partial charge < -0.3 is 4.90 Å². The predicted octanol–water partition coefficient (Wildman–Crippen LogP) is 2.09. The highest BCUT2D eigenvalue weighted by Crippen LogP contribution is 2.38. The van der Waals surface area contributed by atoms with E-state index in [4.69, 9.17) is 0 Å². The van der Waals surface area contributed by atoms with Crippen LogP contribution in [0.3, 0.4) is 0 Å². The molecule has 2 atom stereocenters. The summed E-state index contributed by atoms with van der Waals surface area (Å²) >= 11 is 0. The zero-order valence-electron chi connectivity index (χ0n) is 10.3. The Hall–Kier alpha value is -1.35. The van der Waals surface area contributed by atoms with Crippen LogP contribution in [0.2, 0.25) is 0 Å². The van der Waals surface area contributed by atoms with Gasteiger partial charge in [0.1, 0.15) is 6.04 Å². The first kappa shape index (κ1) is 10.8. The molecule has 3 heteroatoms. The summed E-state index contributed by atoms with van der Waals surface area (Å²) in [5.41, 5.74) is 2.16. The van der Waals surface area contributed by atoms with Crippen LogP contribution in [0.15, 0.2) is 24.3 Å². The molecule has 1 aromatic rings. The Kier molecular flexibility index (Phi) is 2.44. The quantitative estimate of drug-likeness (QED) is 0.862. The van der Waals surface area contributed by atoms with Crippen molar-refractivity contribution in [3.63, 3.8) is 0 Å². The van der Waals surface area contributed by atoms with Crippen molar-refractivity contribution < 1.29 is 4.79 Å². The van der Waals surface area contributed by atoms with E-state index in [9.17, 15) is 4.79 Å². The monoisotopic (exact) mass is 230 g/mol. The average molecular weight is 230 g/mol. The first-order valence-corrected chi connectivity index (χ1v) is 6.31. The average Bonchev–Trinajstić information content (AvgIpc) is 3.15. The van der Waals surface area contributed by atoms with Gasteiger partial charge in [-0.3, -0.25) is 10.1 Å². The molecule has 90 valence electrons. The molecule has 1 fully saturated rings. The van der Waals surface area contributed by atoms with E-state index in [0.717, 1.165) is 17.2 Å². The molecule has 1 aromatic carbocycles. The number of nitrogens with one attached hydrogen (secondary N) is 1. The molecule has 17 heavy (non-hydrogen) atoms. The minimum atomic E-state index is -0.146. The summed E-state index contributed by atoms with van der Waals surface area (Å²) in [7, 11) is 1.85. The third-order valence-electron chi connectivity index (χ3n) is 3.95. The number of hydrogen-bond donors (Lipinski definition) is 1. The Labute approximate surface area is 102 Å². The van der Waals surface area contributed by atoms with E-state index in [1.165, 1.54) is 12.8 Å². The summed E-state index contributed by atoms with van der Waals surface area (Å²) in [5.74, 6) is 0.930. The van der Waals surface area contributed by atoms with E-state index < -0.39 is 0 Å². The molecule has 0 saturated heterocycles. The SMILES string of the molecule is CC(NC1C(=O)N(C)c2ccccc21)C1CC1. The number of rotatable bonds is 3. The third-order valence-corrected chi connectivity index (χ3v) is 3.95. The summed E-state index contributed by atoms with van der Waals surface area (Å²) < 4.78 is 0. The first-order chi connectivity index (χ1) is 8.18. The number of amides is 1. The van der Waals surface area contributed by atoms with Crippen molar-refractivity contribution in [2.75, 3.05) is 11.9 Å². The second kappa shape index (κ2) is 3.84. The lowest BCUT2D eigenvalue weighted by Crippen LogP contribution is -2.38. The summed E-state index contributed by atoms with van der Waals surface area (Å²) in [6.45, 7) is 2.19. The van der Waals surface area contributed by atoms with E-state index in [2.05, 4.69) is 12.2 Å². The zero-order chi connectivity index (χ0) is 12.0. The fraction of sp³-hybridized carbons (Fsp3) is 0.500. The third kappa shape index (κ3) is 1.75. The number of benzene rings is 1. The summed E-state index contributed by atoms with van der Waals surface area (Å²) in [6.07, 6.45) is 2.60. The van der Waals surface area contributed by atoms with Crippen LogP contribution in [0.4, 0.5) is 5.69 Å².